The molecule has 1 aliphatic heterocycles. The number of aryl methyl sites for hydroxylation is 1. The van der Waals surface area contributed by atoms with Crippen molar-refractivity contribution in [1.82, 2.24) is 4.90 Å². The molecule has 0 bridgehead atoms. The third kappa shape index (κ3) is 5.19. The van der Waals surface area contributed by atoms with Gasteiger partial charge in [-0.3, -0.25) is 4.79 Å². The fraction of sp³-hybridized carbons (Fsp3) is 0.450. The van der Waals surface area contributed by atoms with Gasteiger partial charge in [0, 0.05) is 13.0 Å². The van der Waals surface area contributed by atoms with Crippen LogP contribution in [0.5, 0.6) is 11.5 Å². The molecule has 0 spiro atoms. The van der Waals surface area contributed by atoms with Gasteiger partial charge in [-0.2, -0.15) is 24.5 Å². The van der Waals surface area contributed by atoms with Gasteiger partial charge >= 0.3 is 6.18 Å². The number of halogens is 3. The standard InChI is InChI=1S/C20H22F3NO3S/c1-26-18-11-14(4-6-17(18)27-13-20(21,22)23)5-7-19(25)24-9-2-3-16(24)15-8-10-28-12-15/h4,6,8,10-12,16H,2-3,5,7,9,13H2,1H3. The van der Waals surface area contributed by atoms with Crippen molar-refractivity contribution in [2.75, 3.05) is 20.3 Å². The van der Waals surface area contributed by atoms with Crippen molar-refractivity contribution in [3.05, 3.63) is 46.2 Å². The number of carbonyl (C=O) groups is 1. The van der Waals surface area contributed by atoms with Crippen molar-refractivity contribution in [3.8, 4) is 11.5 Å². The molecule has 0 radical (unpaired) electrons. The third-order valence-corrected chi connectivity index (χ3v) is 5.45. The molecule has 0 N–H and O–H groups in total. The van der Waals surface area contributed by atoms with Crippen LogP contribution in [0, 0.1) is 0 Å². The molecule has 1 atom stereocenters. The molecule has 1 amide bonds. The molecule has 0 saturated carbocycles. The van der Waals surface area contributed by atoms with Gasteiger partial charge in [0.1, 0.15) is 0 Å². The summed E-state index contributed by atoms with van der Waals surface area (Å²) in [5.74, 6) is 0.351. The molecule has 152 valence electrons. The van der Waals surface area contributed by atoms with Crippen molar-refractivity contribution in [2.45, 2.75) is 37.9 Å². The highest BCUT2D eigenvalue weighted by atomic mass is 32.1. The maximum absolute atomic E-state index is 12.7. The Labute approximate surface area is 165 Å². The Morgan fingerprint density at radius 2 is 2.11 bits per heavy atom. The summed E-state index contributed by atoms with van der Waals surface area (Å²) in [5, 5.41) is 4.10. The van der Waals surface area contributed by atoms with E-state index in [9.17, 15) is 18.0 Å². The smallest absolute Gasteiger partial charge is 0.422 e. The Hall–Kier alpha value is -2.22. The molecule has 3 rings (SSSR count). The van der Waals surface area contributed by atoms with Crippen LogP contribution in [-0.2, 0) is 11.2 Å². The lowest BCUT2D eigenvalue weighted by Crippen LogP contribution is -2.30. The van der Waals surface area contributed by atoms with E-state index in [-0.39, 0.29) is 23.4 Å². The second kappa shape index (κ2) is 8.86. The van der Waals surface area contributed by atoms with Gasteiger partial charge in [0.15, 0.2) is 18.1 Å². The van der Waals surface area contributed by atoms with E-state index in [0.29, 0.717) is 12.8 Å². The normalized spacial score (nSPS) is 17.0. The largest absolute Gasteiger partial charge is 0.493 e. The van der Waals surface area contributed by atoms with Crippen molar-refractivity contribution in [3.63, 3.8) is 0 Å². The molecule has 1 fully saturated rings. The van der Waals surface area contributed by atoms with Gasteiger partial charge in [-0.05, 0) is 59.3 Å². The third-order valence-electron chi connectivity index (χ3n) is 4.75. The van der Waals surface area contributed by atoms with Crippen LogP contribution in [-0.4, -0.2) is 37.2 Å². The lowest BCUT2D eigenvalue weighted by Gasteiger charge is -2.24. The van der Waals surface area contributed by atoms with E-state index >= 15 is 0 Å². The minimum Gasteiger partial charge on any atom is -0.493 e. The zero-order valence-corrected chi connectivity index (χ0v) is 16.3. The zero-order valence-electron chi connectivity index (χ0n) is 15.5. The van der Waals surface area contributed by atoms with Crippen molar-refractivity contribution in [2.24, 2.45) is 0 Å². The summed E-state index contributed by atoms with van der Waals surface area (Å²) in [7, 11) is 1.38. The molecule has 1 saturated heterocycles. The molecular formula is C20H22F3NO3S. The van der Waals surface area contributed by atoms with Gasteiger partial charge in [-0.25, -0.2) is 0 Å². The Balaban J connectivity index is 1.60. The Morgan fingerprint density at radius 3 is 2.79 bits per heavy atom. The van der Waals surface area contributed by atoms with Gasteiger partial charge in [0.2, 0.25) is 5.91 Å². The quantitative estimate of drug-likeness (QED) is 0.642. The van der Waals surface area contributed by atoms with Gasteiger partial charge < -0.3 is 14.4 Å². The number of methoxy groups -OCH3 is 1. The highest BCUT2D eigenvalue weighted by Crippen LogP contribution is 2.34. The van der Waals surface area contributed by atoms with Gasteiger partial charge in [-0.1, -0.05) is 6.07 Å². The Bertz CT molecular complexity index is 792. The number of benzene rings is 1. The number of hydrogen-bond acceptors (Lipinski definition) is 4. The fourth-order valence-electron chi connectivity index (χ4n) is 3.42. The molecule has 1 aliphatic rings. The first-order chi connectivity index (χ1) is 13.4. The van der Waals surface area contributed by atoms with E-state index in [1.54, 1.807) is 23.5 Å². The lowest BCUT2D eigenvalue weighted by molar-refractivity contribution is -0.153. The minimum atomic E-state index is -4.41. The van der Waals surface area contributed by atoms with Crippen LogP contribution in [0.1, 0.15) is 36.4 Å². The van der Waals surface area contributed by atoms with Crippen LogP contribution in [0.15, 0.2) is 35.0 Å². The number of alkyl halides is 3. The number of carbonyl (C=O) groups excluding carboxylic acids is 1. The molecule has 1 aromatic carbocycles. The number of ether oxygens (including phenoxy) is 2. The molecular weight excluding hydrogens is 391 g/mol. The molecule has 2 aromatic rings. The molecule has 4 nitrogen and oxygen atoms in total. The Morgan fingerprint density at radius 1 is 1.29 bits per heavy atom. The summed E-state index contributed by atoms with van der Waals surface area (Å²) in [5.41, 5.74) is 2.00. The van der Waals surface area contributed by atoms with Crippen LogP contribution in [0.3, 0.4) is 0 Å². The topological polar surface area (TPSA) is 38.8 Å². The maximum atomic E-state index is 12.7. The van der Waals surface area contributed by atoms with Gasteiger partial charge in [0.25, 0.3) is 0 Å². The first-order valence-electron chi connectivity index (χ1n) is 9.05. The minimum absolute atomic E-state index is 0.0342. The first kappa shape index (κ1) is 20.5. The number of nitrogens with zero attached hydrogens (tertiary/aromatic N) is 1. The fourth-order valence-corrected chi connectivity index (χ4v) is 4.12. The maximum Gasteiger partial charge on any atom is 0.422 e. The predicted molar refractivity (Wildman–Crippen MR) is 101 cm³/mol. The zero-order chi connectivity index (χ0) is 20.1. The molecule has 1 unspecified atom stereocenters. The molecule has 28 heavy (non-hydrogen) atoms. The van der Waals surface area contributed by atoms with Crippen LogP contribution < -0.4 is 9.47 Å². The van der Waals surface area contributed by atoms with Crippen molar-refractivity contribution >= 4 is 17.2 Å². The number of thiophene rings is 1. The van der Waals surface area contributed by atoms with Crippen LogP contribution in [0.25, 0.3) is 0 Å². The summed E-state index contributed by atoms with van der Waals surface area (Å²) in [4.78, 5) is 14.6. The number of likely N-dealkylation sites (tertiary alicyclic amines) is 1. The summed E-state index contributed by atoms with van der Waals surface area (Å²) in [6.45, 7) is -0.618. The molecule has 8 heteroatoms. The van der Waals surface area contributed by atoms with E-state index < -0.39 is 12.8 Å². The molecule has 1 aromatic heterocycles. The summed E-state index contributed by atoms with van der Waals surface area (Å²) >= 11 is 1.63. The van der Waals surface area contributed by atoms with Crippen molar-refractivity contribution < 1.29 is 27.4 Å². The second-order valence-corrected chi connectivity index (χ2v) is 7.47. The van der Waals surface area contributed by atoms with E-state index in [0.717, 1.165) is 24.9 Å². The second-order valence-electron chi connectivity index (χ2n) is 6.69. The summed E-state index contributed by atoms with van der Waals surface area (Å²) in [6.07, 6.45) is -1.62. The first-order valence-corrected chi connectivity index (χ1v) is 9.99. The van der Waals surface area contributed by atoms with E-state index in [2.05, 4.69) is 11.4 Å². The van der Waals surface area contributed by atoms with Gasteiger partial charge in [-0.15, -0.1) is 0 Å². The number of rotatable bonds is 7. The van der Waals surface area contributed by atoms with E-state index in [4.69, 9.17) is 9.47 Å². The van der Waals surface area contributed by atoms with Crippen molar-refractivity contribution in [1.29, 1.82) is 0 Å². The predicted octanol–water partition coefficient (Wildman–Crippen LogP) is 4.99. The molecule has 2 heterocycles. The summed E-state index contributed by atoms with van der Waals surface area (Å²) < 4.78 is 46.9. The van der Waals surface area contributed by atoms with Crippen LogP contribution in [0.2, 0.25) is 0 Å². The highest BCUT2D eigenvalue weighted by molar-refractivity contribution is 7.08. The van der Waals surface area contributed by atoms with Crippen LogP contribution in [0.4, 0.5) is 13.2 Å². The molecule has 0 aliphatic carbocycles. The summed E-state index contributed by atoms with van der Waals surface area (Å²) in [6, 6.07) is 6.95. The van der Waals surface area contributed by atoms with Crippen LogP contribution >= 0.6 is 11.3 Å². The number of amides is 1. The van der Waals surface area contributed by atoms with Gasteiger partial charge in [0.05, 0.1) is 13.2 Å². The Kier molecular flexibility index (Phi) is 6.49. The monoisotopic (exact) mass is 413 g/mol. The average molecular weight is 413 g/mol. The lowest BCUT2D eigenvalue weighted by atomic mass is 10.1. The van der Waals surface area contributed by atoms with E-state index in [1.165, 1.54) is 18.7 Å². The average Bonchev–Trinajstić information content (AvgIpc) is 3.34. The number of hydrogen-bond donors (Lipinski definition) is 0. The SMILES string of the molecule is COc1cc(CCC(=O)N2CCCC2c2ccsc2)ccc1OCC(F)(F)F. The highest BCUT2D eigenvalue weighted by Gasteiger charge is 2.30. The van der Waals surface area contributed by atoms with E-state index in [1.807, 2.05) is 10.3 Å².